The Bertz CT molecular complexity index is 955. The Kier molecular flexibility index (Phi) is 3.93. The monoisotopic (exact) mass is 357 g/mol. The minimum Gasteiger partial charge on any atom is -0.491 e. The van der Waals surface area contributed by atoms with Crippen molar-refractivity contribution in [1.82, 2.24) is 19.9 Å². The van der Waals surface area contributed by atoms with Crippen LogP contribution >= 0.6 is 11.6 Å². The molecule has 0 spiro atoms. The highest BCUT2D eigenvalue weighted by molar-refractivity contribution is 6.30. The smallest absolute Gasteiger partial charge is 0.256 e. The van der Waals surface area contributed by atoms with Crippen LogP contribution in [-0.4, -0.2) is 33.7 Å². The van der Waals surface area contributed by atoms with Crippen molar-refractivity contribution in [1.29, 1.82) is 0 Å². The maximum atomic E-state index is 12.4. The third kappa shape index (κ3) is 2.98. The van der Waals surface area contributed by atoms with Crippen LogP contribution in [0.25, 0.3) is 5.65 Å². The summed E-state index contributed by atoms with van der Waals surface area (Å²) < 4.78 is 7.41. The van der Waals surface area contributed by atoms with E-state index in [1.807, 2.05) is 25.1 Å². The van der Waals surface area contributed by atoms with Gasteiger partial charge in [0.15, 0.2) is 5.65 Å². The fourth-order valence-corrected chi connectivity index (χ4v) is 3.00. The van der Waals surface area contributed by atoms with Crippen LogP contribution in [0, 0.1) is 0 Å². The van der Waals surface area contributed by atoms with Gasteiger partial charge in [-0.25, -0.2) is 9.50 Å². The van der Waals surface area contributed by atoms with E-state index >= 15 is 0 Å². The van der Waals surface area contributed by atoms with Gasteiger partial charge in [-0.1, -0.05) is 11.6 Å². The van der Waals surface area contributed by atoms with Gasteiger partial charge >= 0.3 is 0 Å². The molecule has 1 atom stereocenters. The van der Waals surface area contributed by atoms with E-state index in [-0.39, 0.29) is 11.9 Å². The Morgan fingerprint density at radius 1 is 1.36 bits per heavy atom. The molecule has 4 rings (SSSR count). The van der Waals surface area contributed by atoms with Gasteiger partial charge in [-0.2, -0.15) is 5.10 Å². The number of nitrogens with one attached hydrogen (secondary N) is 2. The minimum absolute atomic E-state index is 0.0839. The average Bonchev–Trinajstić information content (AvgIpc) is 3.02. The number of hydrogen-bond donors (Lipinski definition) is 2. The molecule has 0 saturated carbocycles. The van der Waals surface area contributed by atoms with Crippen molar-refractivity contribution in [2.75, 3.05) is 18.5 Å². The molecule has 0 fully saturated rings. The summed E-state index contributed by atoms with van der Waals surface area (Å²) in [6.45, 7) is 2.73. The van der Waals surface area contributed by atoms with Crippen molar-refractivity contribution in [3.8, 4) is 5.75 Å². The Balaban J connectivity index is 1.80. The first-order valence-electron chi connectivity index (χ1n) is 7.93. The predicted octanol–water partition coefficient (Wildman–Crippen LogP) is 2.68. The third-order valence-electron chi connectivity index (χ3n) is 4.06. The lowest BCUT2D eigenvalue weighted by Crippen LogP contribution is -2.28. The molecule has 1 aliphatic rings. The molecule has 0 aliphatic carbocycles. The molecule has 0 radical (unpaired) electrons. The predicted molar refractivity (Wildman–Crippen MR) is 94.3 cm³/mol. The molecule has 8 heteroatoms. The zero-order valence-corrected chi connectivity index (χ0v) is 14.2. The molecule has 1 amide bonds. The quantitative estimate of drug-likeness (QED) is 0.646. The summed E-state index contributed by atoms with van der Waals surface area (Å²) in [6.07, 6.45) is 3.28. The molecule has 7 nitrogen and oxygen atoms in total. The Morgan fingerprint density at radius 2 is 2.24 bits per heavy atom. The van der Waals surface area contributed by atoms with E-state index in [1.165, 1.54) is 6.20 Å². The van der Waals surface area contributed by atoms with Crippen molar-refractivity contribution < 1.29 is 9.53 Å². The number of carbonyl (C=O) groups excluding carboxylic acids is 1. The van der Waals surface area contributed by atoms with Gasteiger partial charge in [-0.3, -0.25) is 4.79 Å². The van der Waals surface area contributed by atoms with Crippen LogP contribution in [0.4, 0.5) is 5.82 Å². The second kappa shape index (κ2) is 6.25. The summed E-state index contributed by atoms with van der Waals surface area (Å²) in [7, 11) is 0. The molecule has 3 heterocycles. The van der Waals surface area contributed by atoms with Gasteiger partial charge < -0.3 is 15.4 Å². The van der Waals surface area contributed by atoms with E-state index in [1.54, 1.807) is 16.8 Å². The summed E-state index contributed by atoms with van der Waals surface area (Å²) in [6, 6.07) is 7.21. The molecule has 0 saturated heterocycles. The Morgan fingerprint density at radius 3 is 3.12 bits per heavy atom. The molecule has 2 aromatic heterocycles. The Hall–Kier alpha value is -2.80. The fraction of sp³-hybridized carbons (Fsp3) is 0.235. The zero-order chi connectivity index (χ0) is 17.4. The summed E-state index contributed by atoms with van der Waals surface area (Å²) in [5.74, 6) is 1.13. The van der Waals surface area contributed by atoms with Crippen molar-refractivity contribution in [3.63, 3.8) is 0 Å². The van der Waals surface area contributed by atoms with Crippen LogP contribution < -0.4 is 15.4 Å². The summed E-state index contributed by atoms with van der Waals surface area (Å²) in [4.78, 5) is 16.9. The van der Waals surface area contributed by atoms with Crippen LogP contribution in [0.2, 0.25) is 5.02 Å². The highest BCUT2D eigenvalue weighted by Gasteiger charge is 2.18. The number of aromatic nitrogens is 3. The number of carbonyl (C=O) groups is 1. The van der Waals surface area contributed by atoms with Gasteiger partial charge in [0.2, 0.25) is 0 Å². The molecule has 3 aromatic rings. The van der Waals surface area contributed by atoms with E-state index in [4.69, 9.17) is 16.3 Å². The second-order valence-corrected chi connectivity index (χ2v) is 6.23. The highest BCUT2D eigenvalue weighted by Crippen LogP contribution is 2.30. The van der Waals surface area contributed by atoms with Gasteiger partial charge in [-0.05, 0) is 31.2 Å². The fourth-order valence-electron chi connectivity index (χ4n) is 2.82. The van der Waals surface area contributed by atoms with Gasteiger partial charge in [0.05, 0.1) is 18.8 Å². The number of nitrogens with zero attached hydrogens (tertiary/aromatic N) is 3. The van der Waals surface area contributed by atoms with Gasteiger partial charge in [0.25, 0.3) is 5.91 Å². The topological polar surface area (TPSA) is 80.5 Å². The molecular formula is C17H16ClN5O2. The normalized spacial score (nSPS) is 17.5. The Labute approximate surface area is 149 Å². The zero-order valence-electron chi connectivity index (χ0n) is 13.5. The van der Waals surface area contributed by atoms with Gasteiger partial charge in [0, 0.05) is 16.8 Å². The molecule has 1 aromatic carbocycles. The number of halogens is 1. The van der Waals surface area contributed by atoms with E-state index in [9.17, 15) is 4.79 Å². The van der Waals surface area contributed by atoms with Crippen molar-refractivity contribution >= 4 is 29.0 Å². The number of hydrogen-bond acceptors (Lipinski definition) is 5. The number of rotatable bonds is 0. The lowest BCUT2D eigenvalue weighted by Gasteiger charge is -2.19. The number of ether oxygens (including phenoxy) is 1. The SMILES string of the molecule is CC1Nc2ccn3ncc(c3n2)C(=O)NCCOc2ccc(Cl)cc21. The largest absolute Gasteiger partial charge is 0.491 e. The molecule has 1 unspecified atom stereocenters. The maximum absolute atomic E-state index is 12.4. The van der Waals surface area contributed by atoms with Gasteiger partial charge in [0.1, 0.15) is 23.7 Å². The van der Waals surface area contributed by atoms with Gasteiger partial charge in [-0.15, -0.1) is 0 Å². The number of benzene rings is 1. The summed E-state index contributed by atoms with van der Waals surface area (Å²) in [5.41, 5.74) is 1.85. The standard InChI is InChI=1S/C17H16ClN5O2/c1-10-12-8-11(18)2-3-14(12)25-7-5-19-17(24)13-9-20-23-6-4-15(21-10)22-16(13)23/h2-4,6,8-10H,5,7H2,1H3,(H,19,24)(H,21,22). The third-order valence-corrected chi connectivity index (χ3v) is 4.30. The van der Waals surface area contributed by atoms with Crippen molar-refractivity contribution in [3.05, 3.63) is 52.8 Å². The molecular weight excluding hydrogens is 342 g/mol. The van der Waals surface area contributed by atoms with E-state index in [0.29, 0.717) is 35.2 Å². The highest BCUT2D eigenvalue weighted by atomic mass is 35.5. The van der Waals surface area contributed by atoms with Crippen LogP contribution in [0.1, 0.15) is 28.9 Å². The number of fused-ring (bicyclic) bond motifs is 2. The summed E-state index contributed by atoms with van der Waals surface area (Å²) >= 11 is 6.15. The lowest BCUT2D eigenvalue weighted by molar-refractivity contribution is 0.0948. The first-order valence-corrected chi connectivity index (χ1v) is 8.31. The van der Waals surface area contributed by atoms with E-state index in [2.05, 4.69) is 20.7 Å². The van der Waals surface area contributed by atoms with E-state index < -0.39 is 0 Å². The molecule has 25 heavy (non-hydrogen) atoms. The van der Waals surface area contributed by atoms with E-state index in [0.717, 1.165) is 11.3 Å². The molecule has 2 bridgehead atoms. The van der Waals surface area contributed by atoms with Crippen molar-refractivity contribution in [2.45, 2.75) is 13.0 Å². The van der Waals surface area contributed by atoms with Crippen LogP contribution in [0.15, 0.2) is 36.7 Å². The van der Waals surface area contributed by atoms with Crippen LogP contribution in [0.3, 0.4) is 0 Å². The maximum Gasteiger partial charge on any atom is 0.256 e. The molecule has 1 aliphatic heterocycles. The number of amides is 1. The molecule has 2 N–H and O–H groups in total. The van der Waals surface area contributed by atoms with Crippen LogP contribution in [-0.2, 0) is 0 Å². The lowest BCUT2D eigenvalue weighted by atomic mass is 10.1. The average molecular weight is 358 g/mol. The molecule has 128 valence electrons. The minimum atomic E-state index is -0.230. The first-order chi connectivity index (χ1) is 12.1. The summed E-state index contributed by atoms with van der Waals surface area (Å²) in [5, 5.41) is 11.0. The van der Waals surface area contributed by atoms with Crippen LogP contribution in [0.5, 0.6) is 5.75 Å². The first kappa shape index (κ1) is 15.7. The second-order valence-electron chi connectivity index (χ2n) is 5.79. The number of anilines is 1. The van der Waals surface area contributed by atoms with Crippen molar-refractivity contribution in [2.24, 2.45) is 0 Å².